The van der Waals surface area contributed by atoms with E-state index in [-0.39, 0.29) is 0 Å². The fourth-order valence-electron chi connectivity index (χ4n) is 2.28. The Bertz CT molecular complexity index is 116. The minimum absolute atomic E-state index is 0.825. The van der Waals surface area contributed by atoms with E-state index in [0.717, 1.165) is 12.0 Å². The molecule has 1 rings (SSSR count). The lowest BCUT2D eigenvalue weighted by Gasteiger charge is -2.29. The SMILES string of the molecule is CCCCCC(C)C1CCCCN1. The van der Waals surface area contributed by atoms with Crippen LogP contribution in [0.5, 0.6) is 0 Å². The van der Waals surface area contributed by atoms with Crippen LogP contribution in [0.2, 0.25) is 0 Å². The van der Waals surface area contributed by atoms with Crippen LogP contribution in [0.3, 0.4) is 0 Å². The molecule has 0 aliphatic carbocycles. The van der Waals surface area contributed by atoms with Crippen LogP contribution in [-0.4, -0.2) is 12.6 Å². The summed E-state index contributed by atoms with van der Waals surface area (Å²) in [7, 11) is 0. The highest BCUT2D eigenvalue weighted by atomic mass is 14.9. The van der Waals surface area contributed by atoms with Gasteiger partial charge in [-0.3, -0.25) is 0 Å². The van der Waals surface area contributed by atoms with E-state index in [1.807, 2.05) is 0 Å². The van der Waals surface area contributed by atoms with Crippen LogP contribution in [0, 0.1) is 5.92 Å². The lowest BCUT2D eigenvalue weighted by molar-refractivity contribution is 0.292. The first kappa shape index (κ1) is 11.0. The molecule has 0 amide bonds. The van der Waals surface area contributed by atoms with Gasteiger partial charge in [-0.1, -0.05) is 39.5 Å². The van der Waals surface area contributed by atoms with Gasteiger partial charge in [-0.25, -0.2) is 0 Å². The molecule has 1 heteroatoms. The van der Waals surface area contributed by atoms with Gasteiger partial charge in [0.05, 0.1) is 0 Å². The maximum absolute atomic E-state index is 3.65. The molecule has 1 fully saturated rings. The summed E-state index contributed by atoms with van der Waals surface area (Å²) in [6, 6.07) is 0.825. The van der Waals surface area contributed by atoms with E-state index in [1.165, 1.54) is 51.5 Å². The van der Waals surface area contributed by atoms with Crippen molar-refractivity contribution in [2.45, 2.75) is 64.8 Å². The highest BCUT2D eigenvalue weighted by Gasteiger charge is 2.18. The average Bonchev–Trinajstić information content (AvgIpc) is 2.19. The minimum Gasteiger partial charge on any atom is -0.314 e. The molecule has 2 atom stereocenters. The maximum Gasteiger partial charge on any atom is 0.00926 e. The van der Waals surface area contributed by atoms with Gasteiger partial charge in [0.1, 0.15) is 0 Å². The van der Waals surface area contributed by atoms with Gasteiger partial charge >= 0.3 is 0 Å². The van der Waals surface area contributed by atoms with Crippen molar-refractivity contribution in [3.8, 4) is 0 Å². The normalized spacial score (nSPS) is 25.8. The third-order valence-electron chi connectivity index (χ3n) is 3.30. The van der Waals surface area contributed by atoms with Gasteiger partial charge in [0.15, 0.2) is 0 Å². The van der Waals surface area contributed by atoms with E-state index >= 15 is 0 Å². The van der Waals surface area contributed by atoms with Crippen LogP contribution in [0.15, 0.2) is 0 Å². The summed E-state index contributed by atoms with van der Waals surface area (Å²) in [4.78, 5) is 0. The Kier molecular flexibility index (Phi) is 5.45. The second-order valence-electron chi connectivity index (χ2n) is 4.53. The van der Waals surface area contributed by atoms with Gasteiger partial charge in [-0.05, 0) is 31.7 Å². The second-order valence-corrected chi connectivity index (χ2v) is 4.53. The number of hydrogen-bond acceptors (Lipinski definition) is 1. The first-order valence-corrected chi connectivity index (χ1v) is 6.08. The smallest absolute Gasteiger partial charge is 0.00926 e. The summed E-state index contributed by atoms with van der Waals surface area (Å²) in [5.41, 5.74) is 0. The van der Waals surface area contributed by atoms with E-state index in [9.17, 15) is 0 Å². The van der Waals surface area contributed by atoms with E-state index in [1.54, 1.807) is 0 Å². The Morgan fingerprint density at radius 1 is 1.31 bits per heavy atom. The second kappa shape index (κ2) is 6.42. The van der Waals surface area contributed by atoms with Gasteiger partial charge < -0.3 is 5.32 Å². The zero-order chi connectivity index (χ0) is 9.52. The van der Waals surface area contributed by atoms with Crippen molar-refractivity contribution in [1.82, 2.24) is 5.32 Å². The van der Waals surface area contributed by atoms with Crippen molar-refractivity contribution in [1.29, 1.82) is 0 Å². The van der Waals surface area contributed by atoms with Crippen LogP contribution in [0.25, 0.3) is 0 Å². The largest absolute Gasteiger partial charge is 0.314 e. The predicted molar refractivity (Wildman–Crippen MR) is 58.9 cm³/mol. The molecule has 1 heterocycles. The average molecular weight is 183 g/mol. The van der Waals surface area contributed by atoms with Crippen molar-refractivity contribution in [2.75, 3.05) is 6.54 Å². The minimum atomic E-state index is 0.825. The summed E-state index contributed by atoms with van der Waals surface area (Å²) in [6.45, 7) is 5.95. The van der Waals surface area contributed by atoms with Gasteiger partial charge in [-0.2, -0.15) is 0 Å². The molecule has 1 aliphatic heterocycles. The Balaban J connectivity index is 2.09. The molecule has 0 bridgehead atoms. The van der Waals surface area contributed by atoms with Crippen molar-refractivity contribution >= 4 is 0 Å². The van der Waals surface area contributed by atoms with Crippen LogP contribution in [0.4, 0.5) is 0 Å². The molecule has 0 spiro atoms. The van der Waals surface area contributed by atoms with E-state index < -0.39 is 0 Å². The third-order valence-corrected chi connectivity index (χ3v) is 3.30. The maximum atomic E-state index is 3.65. The van der Waals surface area contributed by atoms with Crippen molar-refractivity contribution < 1.29 is 0 Å². The van der Waals surface area contributed by atoms with E-state index in [2.05, 4.69) is 19.2 Å². The monoisotopic (exact) mass is 183 g/mol. The highest BCUT2D eigenvalue weighted by molar-refractivity contribution is 4.77. The third kappa shape index (κ3) is 4.12. The highest BCUT2D eigenvalue weighted by Crippen LogP contribution is 2.19. The predicted octanol–water partition coefficient (Wildman–Crippen LogP) is 3.34. The zero-order valence-corrected chi connectivity index (χ0v) is 9.31. The molecule has 0 aromatic heterocycles. The van der Waals surface area contributed by atoms with Gasteiger partial charge in [0.25, 0.3) is 0 Å². The Morgan fingerprint density at radius 3 is 2.77 bits per heavy atom. The van der Waals surface area contributed by atoms with E-state index in [0.29, 0.717) is 0 Å². The fraction of sp³-hybridized carbons (Fsp3) is 1.00. The van der Waals surface area contributed by atoms with Crippen LogP contribution in [0.1, 0.15) is 58.8 Å². The molecule has 78 valence electrons. The van der Waals surface area contributed by atoms with Gasteiger partial charge in [0, 0.05) is 6.04 Å². The standard InChI is InChI=1S/C12H25N/c1-3-4-5-8-11(2)12-9-6-7-10-13-12/h11-13H,3-10H2,1-2H3. The first-order chi connectivity index (χ1) is 6.34. The lowest BCUT2D eigenvalue weighted by atomic mass is 9.89. The molecule has 1 nitrogen and oxygen atoms in total. The molecule has 13 heavy (non-hydrogen) atoms. The zero-order valence-electron chi connectivity index (χ0n) is 9.31. The topological polar surface area (TPSA) is 12.0 Å². The molecule has 1 N–H and O–H groups in total. The Labute approximate surface area is 83.3 Å². The van der Waals surface area contributed by atoms with Crippen LogP contribution >= 0.6 is 0 Å². The van der Waals surface area contributed by atoms with Crippen molar-refractivity contribution in [2.24, 2.45) is 5.92 Å². The number of unbranched alkanes of at least 4 members (excludes halogenated alkanes) is 2. The summed E-state index contributed by atoms with van der Waals surface area (Å²) in [5, 5.41) is 3.65. The molecule has 1 saturated heterocycles. The molecule has 1 aliphatic rings. The Morgan fingerprint density at radius 2 is 2.15 bits per heavy atom. The number of piperidine rings is 1. The lowest BCUT2D eigenvalue weighted by Crippen LogP contribution is -2.38. The Hall–Kier alpha value is -0.0400. The number of nitrogens with one attached hydrogen (secondary N) is 1. The summed E-state index contributed by atoms with van der Waals surface area (Å²) < 4.78 is 0. The fourth-order valence-corrected chi connectivity index (χ4v) is 2.28. The summed E-state index contributed by atoms with van der Waals surface area (Å²) in [6.07, 6.45) is 9.85. The summed E-state index contributed by atoms with van der Waals surface area (Å²) >= 11 is 0. The van der Waals surface area contributed by atoms with Gasteiger partial charge in [-0.15, -0.1) is 0 Å². The molecular formula is C12H25N. The molecular weight excluding hydrogens is 158 g/mol. The number of hydrogen-bond donors (Lipinski definition) is 1. The molecule has 0 saturated carbocycles. The summed E-state index contributed by atoms with van der Waals surface area (Å²) in [5.74, 6) is 0.895. The quantitative estimate of drug-likeness (QED) is 0.645. The van der Waals surface area contributed by atoms with Crippen molar-refractivity contribution in [3.05, 3.63) is 0 Å². The van der Waals surface area contributed by atoms with Crippen LogP contribution < -0.4 is 5.32 Å². The molecule has 2 unspecified atom stereocenters. The number of rotatable bonds is 5. The molecule has 0 aromatic carbocycles. The van der Waals surface area contributed by atoms with Crippen molar-refractivity contribution in [3.63, 3.8) is 0 Å². The van der Waals surface area contributed by atoms with Gasteiger partial charge in [0.2, 0.25) is 0 Å². The molecule has 0 aromatic rings. The van der Waals surface area contributed by atoms with Crippen LogP contribution in [-0.2, 0) is 0 Å². The first-order valence-electron chi connectivity index (χ1n) is 6.08. The van der Waals surface area contributed by atoms with E-state index in [4.69, 9.17) is 0 Å². The molecule has 0 radical (unpaired) electrons.